The maximum absolute atomic E-state index is 13.5. The number of sulfonamides is 1. The van der Waals surface area contributed by atoms with Crippen LogP contribution in [0.4, 0.5) is 5.69 Å². The van der Waals surface area contributed by atoms with Crippen LogP contribution >= 0.6 is 12.6 Å². The maximum Gasteiger partial charge on any atom is 0.310 e. The van der Waals surface area contributed by atoms with E-state index >= 15 is 0 Å². The molecule has 0 aromatic heterocycles. The van der Waals surface area contributed by atoms with Gasteiger partial charge in [-0.2, -0.15) is 16.9 Å². The Morgan fingerprint density at radius 1 is 1.06 bits per heavy atom. The van der Waals surface area contributed by atoms with Crippen LogP contribution in [0.15, 0.2) is 71.6 Å². The van der Waals surface area contributed by atoms with Crippen molar-refractivity contribution < 1.29 is 22.7 Å². The Morgan fingerprint density at radius 3 is 2.47 bits per heavy atom. The molecule has 1 fully saturated rings. The van der Waals surface area contributed by atoms with E-state index in [2.05, 4.69) is 17.9 Å². The molecule has 178 valence electrons. The second-order valence-electron chi connectivity index (χ2n) is 8.16. The van der Waals surface area contributed by atoms with E-state index in [1.807, 2.05) is 24.3 Å². The Hall–Kier alpha value is -2.88. The smallest absolute Gasteiger partial charge is 0.310 e. The zero-order valence-electron chi connectivity index (χ0n) is 18.7. The van der Waals surface area contributed by atoms with E-state index in [0.717, 1.165) is 16.3 Å². The zero-order chi connectivity index (χ0) is 24.3. The highest BCUT2D eigenvalue weighted by Crippen LogP contribution is 2.31. The SMILES string of the molecule is CCOC(=O)Cc1ccc(NC(=O)[C@@H]2C[C@H](S)CN2S(=O)(=O)c2ccc3ccccc3c2)cc1. The third kappa shape index (κ3) is 5.27. The molecule has 7 nitrogen and oxygen atoms in total. The molecule has 0 radical (unpaired) electrons. The van der Waals surface area contributed by atoms with Crippen LogP contribution < -0.4 is 5.32 Å². The van der Waals surface area contributed by atoms with E-state index in [4.69, 9.17) is 4.74 Å². The number of nitrogens with zero attached hydrogens (tertiary/aromatic N) is 1. The Bertz CT molecular complexity index is 1310. The van der Waals surface area contributed by atoms with Crippen molar-refractivity contribution in [3.05, 3.63) is 72.3 Å². The number of hydrogen-bond donors (Lipinski definition) is 2. The summed E-state index contributed by atoms with van der Waals surface area (Å²) in [6, 6.07) is 18.4. The van der Waals surface area contributed by atoms with Gasteiger partial charge in [-0.15, -0.1) is 0 Å². The van der Waals surface area contributed by atoms with Crippen molar-refractivity contribution in [2.24, 2.45) is 0 Å². The first-order valence-corrected chi connectivity index (χ1v) is 13.0. The molecule has 3 aromatic carbocycles. The molecule has 2 atom stereocenters. The summed E-state index contributed by atoms with van der Waals surface area (Å²) in [6.45, 7) is 2.21. The number of carbonyl (C=O) groups is 2. The van der Waals surface area contributed by atoms with Crippen LogP contribution in [0.25, 0.3) is 10.8 Å². The quantitative estimate of drug-likeness (QED) is 0.383. The number of anilines is 1. The van der Waals surface area contributed by atoms with Crippen molar-refractivity contribution in [1.82, 2.24) is 4.31 Å². The molecule has 0 bridgehead atoms. The highest BCUT2D eigenvalue weighted by molar-refractivity contribution is 7.89. The number of carbonyl (C=O) groups excluding carboxylic acids is 2. The van der Waals surface area contributed by atoms with Crippen molar-refractivity contribution in [2.45, 2.75) is 36.0 Å². The first-order chi connectivity index (χ1) is 16.3. The van der Waals surface area contributed by atoms with Crippen molar-refractivity contribution >= 4 is 51.0 Å². The Labute approximate surface area is 204 Å². The standard InChI is InChI=1S/C25H26N2O5S2/c1-2-32-24(28)13-17-7-10-20(11-8-17)26-25(29)23-15-21(33)16-27(23)34(30,31)22-12-9-18-5-3-4-6-19(18)14-22/h3-12,14,21,23,33H,2,13,15-16H2,1H3,(H,26,29)/t21-,23-/m0/s1. The molecule has 34 heavy (non-hydrogen) atoms. The maximum atomic E-state index is 13.5. The lowest BCUT2D eigenvalue weighted by atomic mass is 10.1. The molecule has 4 rings (SSSR count). The molecular weight excluding hydrogens is 472 g/mol. The lowest BCUT2D eigenvalue weighted by Gasteiger charge is -2.23. The fourth-order valence-electron chi connectivity index (χ4n) is 4.06. The zero-order valence-corrected chi connectivity index (χ0v) is 20.4. The van der Waals surface area contributed by atoms with Crippen LogP contribution in [0.5, 0.6) is 0 Å². The van der Waals surface area contributed by atoms with Gasteiger partial charge in [0, 0.05) is 17.5 Å². The minimum Gasteiger partial charge on any atom is -0.466 e. The van der Waals surface area contributed by atoms with Crippen LogP contribution in [0.1, 0.15) is 18.9 Å². The number of rotatable bonds is 7. The number of amides is 1. The van der Waals surface area contributed by atoms with Gasteiger partial charge in [0.25, 0.3) is 0 Å². The van der Waals surface area contributed by atoms with Crippen LogP contribution in [-0.2, 0) is 30.8 Å². The fraction of sp³-hybridized carbons (Fsp3) is 0.280. The minimum atomic E-state index is -3.90. The van der Waals surface area contributed by atoms with Crippen LogP contribution in [0.3, 0.4) is 0 Å². The predicted molar refractivity (Wildman–Crippen MR) is 134 cm³/mol. The van der Waals surface area contributed by atoms with Gasteiger partial charge >= 0.3 is 5.97 Å². The van der Waals surface area contributed by atoms with Crippen LogP contribution in [0.2, 0.25) is 0 Å². The average molecular weight is 499 g/mol. The third-order valence-corrected chi connectivity index (χ3v) is 7.98. The highest BCUT2D eigenvalue weighted by atomic mass is 32.2. The van der Waals surface area contributed by atoms with Gasteiger partial charge < -0.3 is 10.1 Å². The molecule has 1 amide bonds. The molecule has 0 unspecified atom stereocenters. The third-order valence-electron chi connectivity index (χ3n) is 5.74. The normalized spacial score (nSPS) is 18.6. The number of benzene rings is 3. The van der Waals surface area contributed by atoms with Gasteiger partial charge in [-0.3, -0.25) is 9.59 Å². The summed E-state index contributed by atoms with van der Waals surface area (Å²) in [5.41, 5.74) is 1.27. The largest absolute Gasteiger partial charge is 0.466 e. The number of nitrogens with one attached hydrogen (secondary N) is 1. The second-order valence-corrected chi connectivity index (χ2v) is 10.8. The van der Waals surface area contributed by atoms with E-state index in [-0.39, 0.29) is 29.1 Å². The van der Waals surface area contributed by atoms with Crippen molar-refractivity contribution in [3.63, 3.8) is 0 Å². The van der Waals surface area contributed by atoms with E-state index in [1.165, 1.54) is 4.31 Å². The molecule has 1 aliphatic rings. The summed E-state index contributed by atoms with van der Waals surface area (Å²) >= 11 is 4.47. The monoisotopic (exact) mass is 498 g/mol. The summed E-state index contributed by atoms with van der Waals surface area (Å²) in [4.78, 5) is 24.9. The van der Waals surface area contributed by atoms with Crippen LogP contribution in [0, 0.1) is 0 Å². The Morgan fingerprint density at radius 2 is 1.76 bits per heavy atom. The van der Waals surface area contributed by atoms with E-state index < -0.39 is 22.0 Å². The van der Waals surface area contributed by atoms with Gasteiger partial charge in [0.1, 0.15) is 6.04 Å². The van der Waals surface area contributed by atoms with E-state index in [1.54, 1.807) is 49.4 Å². The number of hydrogen-bond acceptors (Lipinski definition) is 6. The molecule has 3 aromatic rings. The van der Waals surface area contributed by atoms with Crippen molar-refractivity contribution in [2.75, 3.05) is 18.5 Å². The number of thiol groups is 1. The van der Waals surface area contributed by atoms with Gasteiger partial charge in [-0.05, 0) is 53.9 Å². The highest BCUT2D eigenvalue weighted by Gasteiger charge is 2.43. The predicted octanol–water partition coefficient (Wildman–Crippen LogP) is 3.65. The van der Waals surface area contributed by atoms with Gasteiger partial charge in [0.05, 0.1) is 17.9 Å². The van der Waals surface area contributed by atoms with Crippen molar-refractivity contribution in [3.8, 4) is 0 Å². The summed E-state index contributed by atoms with van der Waals surface area (Å²) in [5, 5.41) is 4.30. The molecule has 0 saturated carbocycles. The van der Waals surface area contributed by atoms with Gasteiger partial charge in [-0.1, -0.05) is 42.5 Å². The summed E-state index contributed by atoms with van der Waals surface area (Å²) in [7, 11) is -3.90. The van der Waals surface area contributed by atoms with Crippen LogP contribution in [-0.4, -0.2) is 49.0 Å². The van der Waals surface area contributed by atoms with Crippen molar-refractivity contribution in [1.29, 1.82) is 0 Å². The lowest BCUT2D eigenvalue weighted by molar-refractivity contribution is -0.142. The van der Waals surface area contributed by atoms with Gasteiger partial charge in [0.2, 0.25) is 15.9 Å². The van der Waals surface area contributed by atoms with E-state index in [0.29, 0.717) is 18.7 Å². The first kappa shape index (κ1) is 24.3. The van der Waals surface area contributed by atoms with E-state index in [9.17, 15) is 18.0 Å². The van der Waals surface area contributed by atoms with Gasteiger partial charge in [-0.25, -0.2) is 8.42 Å². The fourth-order valence-corrected chi connectivity index (χ4v) is 6.23. The molecule has 0 aliphatic carbocycles. The second kappa shape index (κ2) is 10.2. The Balaban J connectivity index is 1.51. The molecule has 1 heterocycles. The molecule has 1 aliphatic heterocycles. The number of ether oxygens (including phenoxy) is 1. The molecular formula is C25H26N2O5S2. The summed E-state index contributed by atoms with van der Waals surface area (Å²) in [6.07, 6.45) is 0.451. The first-order valence-electron chi connectivity index (χ1n) is 11.0. The number of fused-ring (bicyclic) bond motifs is 1. The molecule has 9 heteroatoms. The average Bonchev–Trinajstić information content (AvgIpc) is 3.23. The van der Waals surface area contributed by atoms with Gasteiger partial charge in [0.15, 0.2) is 0 Å². The molecule has 1 N–H and O–H groups in total. The summed E-state index contributed by atoms with van der Waals surface area (Å²) < 4.78 is 33.1. The molecule has 1 saturated heterocycles. The lowest BCUT2D eigenvalue weighted by Crippen LogP contribution is -2.43. The number of esters is 1. The minimum absolute atomic E-state index is 0.143. The molecule has 0 spiro atoms. The summed E-state index contributed by atoms with van der Waals surface area (Å²) in [5.74, 6) is -0.737. The Kier molecular flexibility index (Phi) is 7.25. The topological polar surface area (TPSA) is 92.8 Å².